The molecule has 0 aromatic heterocycles. The van der Waals surface area contributed by atoms with E-state index in [1.807, 2.05) is 0 Å². The fraction of sp³-hybridized carbons (Fsp3) is 0.417. The normalized spacial score (nSPS) is 11.7. The van der Waals surface area contributed by atoms with E-state index in [1.165, 1.54) is 6.07 Å². The summed E-state index contributed by atoms with van der Waals surface area (Å²) in [5.74, 6) is -0.259. The van der Waals surface area contributed by atoms with Crippen LogP contribution in [0.5, 0.6) is 0 Å². The van der Waals surface area contributed by atoms with Gasteiger partial charge in [-0.05, 0) is 0 Å². The maximum Gasteiger partial charge on any atom is 0.407 e. The second-order valence-corrected chi connectivity index (χ2v) is 4.03. The fourth-order valence-corrected chi connectivity index (χ4v) is 1.59. The van der Waals surface area contributed by atoms with E-state index in [4.69, 9.17) is 10.5 Å². The minimum absolute atomic E-state index is 0.0287. The first kappa shape index (κ1) is 14.9. The quantitative estimate of drug-likeness (QED) is 0.598. The number of hydrogen-bond donors (Lipinski definition) is 2. The van der Waals surface area contributed by atoms with Crippen molar-refractivity contribution in [3.63, 3.8) is 0 Å². The second kappa shape index (κ2) is 7.32. The number of benzene rings is 1. The molecular formula is C12H17N3O4. The van der Waals surface area contributed by atoms with E-state index in [1.54, 1.807) is 25.1 Å². The van der Waals surface area contributed by atoms with Crippen LogP contribution in [-0.4, -0.2) is 30.7 Å². The average Bonchev–Trinajstić information content (AvgIpc) is 2.42. The zero-order valence-corrected chi connectivity index (χ0v) is 10.7. The van der Waals surface area contributed by atoms with Crippen LogP contribution in [0.15, 0.2) is 24.3 Å². The molecule has 0 aliphatic rings. The number of nitrogens with zero attached hydrogens (tertiary/aromatic N) is 1. The van der Waals surface area contributed by atoms with Gasteiger partial charge in [0.25, 0.3) is 5.69 Å². The molecule has 1 unspecified atom stereocenters. The number of hydrogen-bond acceptors (Lipinski definition) is 5. The number of carbonyl (C=O) groups is 1. The molecule has 0 spiro atoms. The van der Waals surface area contributed by atoms with Crippen LogP contribution in [0, 0.1) is 10.1 Å². The number of nitro groups is 1. The summed E-state index contributed by atoms with van der Waals surface area (Å²) in [5, 5.41) is 13.3. The van der Waals surface area contributed by atoms with Crippen molar-refractivity contribution in [3.05, 3.63) is 39.9 Å². The smallest absolute Gasteiger partial charge is 0.407 e. The van der Waals surface area contributed by atoms with Gasteiger partial charge in [-0.2, -0.15) is 0 Å². The molecule has 1 aromatic rings. The van der Waals surface area contributed by atoms with Crippen molar-refractivity contribution >= 4 is 11.8 Å². The van der Waals surface area contributed by atoms with Gasteiger partial charge in [-0.3, -0.25) is 10.1 Å². The van der Waals surface area contributed by atoms with Gasteiger partial charge in [0.15, 0.2) is 0 Å². The molecule has 7 heteroatoms. The summed E-state index contributed by atoms with van der Waals surface area (Å²) in [6, 6.07) is 6.40. The van der Waals surface area contributed by atoms with Gasteiger partial charge in [0.2, 0.25) is 0 Å². The Morgan fingerprint density at radius 1 is 1.53 bits per heavy atom. The maximum atomic E-state index is 11.2. The highest BCUT2D eigenvalue weighted by molar-refractivity contribution is 5.67. The van der Waals surface area contributed by atoms with Gasteiger partial charge in [0.05, 0.1) is 4.92 Å². The SMILES string of the molecule is CC(COC(=O)NCCN)c1ccccc1[N+](=O)[O-]. The Balaban J connectivity index is 2.61. The standard InChI is InChI=1S/C12H17N3O4/c1-9(8-19-12(16)14-7-6-13)10-4-2-3-5-11(10)15(17)18/h2-5,9H,6-8,13H2,1H3,(H,14,16). The molecule has 7 nitrogen and oxygen atoms in total. The molecule has 1 atom stereocenters. The number of carbonyl (C=O) groups excluding carboxylic acids is 1. The lowest BCUT2D eigenvalue weighted by molar-refractivity contribution is -0.385. The van der Waals surface area contributed by atoms with Gasteiger partial charge in [-0.15, -0.1) is 0 Å². The van der Waals surface area contributed by atoms with Crippen LogP contribution in [0.4, 0.5) is 10.5 Å². The number of amides is 1. The molecule has 0 aliphatic carbocycles. The van der Waals surface area contributed by atoms with E-state index in [0.29, 0.717) is 18.7 Å². The highest BCUT2D eigenvalue weighted by Gasteiger charge is 2.19. The summed E-state index contributed by atoms with van der Waals surface area (Å²) in [4.78, 5) is 21.7. The molecule has 0 saturated carbocycles. The van der Waals surface area contributed by atoms with E-state index >= 15 is 0 Å². The van der Waals surface area contributed by atoms with E-state index in [-0.39, 0.29) is 18.2 Å². The molecule has 1 amide bonds. The van der Waals surface area contributed by atoms with Gasteiger partial charge >= 0.3 is 6.09 Å². The first-order valence-corrected chi connectivity index (χ1v) is 5.90. The highest BCUT2D eigenvalue weighted by Crippen LogP contribution is 2.26. The van der Waals surface area contributed by atoms with Crippen LogP contribution in [-0.2, 0) is 4.74 Å². The summed E-state index contributed by atoms with van der Waals surface area (Å²) in [6.45, 7) is 2.49. The maximum absolute atomic E-state index is 11.2. The van der Waals surface area contributed by atoms with E-state index in [9.17, 15) is 14.9 Å². The molecule has 0 fully saturated rings. The number of nitro benzene ring substituents is 1. The van der Waals surface area contributed by atoms with Crippen molar-refractivity contribution in [3.8, 4) is 0 Å². The van der Waals surface area contributed by atoms with E-state index in [0.717, 1.165) is 0 Å². The Morgan fingerprint density at radius 2 is 2.21 bits per heavy atom. The van der Waals surface area contributed by atoms with Crippen LogP contribution in [0.25, 0.3) is 0 Å². The Labute approximate surface area is 110 Å². The van der Waals surface area contributed by atoms with E-state index < -0.39 is 11.0 Å². The summed E-state index contributed by atoms with van der Waals surface area (Å²) >= 11 is 0. The van der Waals surface area contributed by atoms with Crippen LogP contribution in [0.2, 0.25) is 0 Å². The zero-order chi connectivity index (χ0) is 14.3. The molecule has 104 valence electrons. The Kier molecular flexibility index (Phi) is 5.74. The largest absolute Gasteiger partial charge is 0.449 e. The summed E-state index contributed by atoms with van der Waals surface area (Å²) in [5.41, 5.74) is 5.80. The predicted octanol–water partition coefficient (Wildman–Crippen LogP) is 1.38. The number of alkyl carbamates (subject to hydrolysis) is 1. The molecule has 0 saturated heterocycles. The van der Waals surface area contributed by atoms with E-state index in [2.05, 4.69) is 5.32 Å². The first-order valence-electron chi connectivity index (χ1n) is 5.90. The molecule has 0 heterocycles. The minimum Gasteiger partial charge on any atom is -0.449 e. The molecule has 1 rings (SSSR count). The van der Waals surface area contributed by atoms with Crippen LogP contribution in [0.3, 0.4) is 0 Å². The van der Waals surface area contributed by atoms with Crippen LogP contribution in [0.1, 0.15) is 18.4 Å². The Hall–Kier alpha value is -2.15. The third-order valence-electron chi connectivity index (χ3n) is 2.54. The van der Waals surface area contributed by atoms with Gasteiger partial charge in [-0.1, -0.05) is 25.1 Å². The molecule has 3 N–H and O–H groups in total. The number of para-hydroxylation sites is 1. The molecule has 0 bridgehead atoms. The third kappa shape index (κ3) is 4.55. The minimum atomic E-state index is -0.573. The molecule has 0 aliphatic heterocycles. The van der Waals surface area contributed by atoms with Crippen molar-refractivity contribution in [2.45, 2.75) is 12.8 Å². The fourth-order valence-electron chi connectivity index (χ4n) is 1.59. The number of ether oxygens (including phenoxy) is 1. The first-order chi connectivity index (χ1) is 9.06. The van der Waals surface area contributed by atoms with Crippen molar-refractivity contribution in [1.29, 1.82) is 0 Å². The van der Waals surface area contributed by atoms with Crippen LogP contribution >= 0.6 is 0 Å². The molecule has 0 radical (unpaired) electrons. The summed E-state index contributed by atoms with van der Waals surface area (Å²) in [7, 11) is 0. The number of nitrogens with two attached hydrogens (primary N) is 1. The molecular weight excluding hydrogens is 250 g/mol. The lowest BCUT2D eigenvalue weighted by Crippen LogP contribution is -2.30. The Morgan fingerprint density at radius 3 is 2.84 bits per heavy atom. The third-order valence-corrected chi connectivity index (χ3v) is 2.54. The average molecular weight is 267 g/mol. The van der Waals surface area contributed by atoms with Gasteiger partial charge < -0.3 is 15.8 Å². The number of nitrogens with one attached hydrogen (secondary N) is 1. The van der Waals surface area contributed by atoms with Crippen molar-refractivity contribution in [2.24, 2.45) is 5.73 Å². The predicted molar refractivity (Wildman–Crippen MR) is 69.9 cm³/mol. The van der Waals surface area contributed by atoms with Gasteiger partial charge in [-0.25, -0.2) is 4.79 Å². The summed E-state index contributed by atoms with van der Waals surface area (Å²) in [6.07, 6.45) is -0.573. The Bertz CT molecular complexity index is 450. The number of rotatable bonds is 6. The van der Waals surface area contributed by atoms with Gasteiger partial charge in [0.1, 0.15) is 6.61 Å². The van der Waals surface area contributed by atoms with Gasteiger partial charge in [0, 0.05) is 30.6 Å². The zero-order valence-electron chi connectivity index (χ0n) is 10.7. The lowest BCUT2D eigenvalue weighted by atomic mass is 10.0. The topological polar surface area (TPSA) is 107 Å². The van der Waals surface area contributed by atoms with Crippen molar-refractivity contribution in [2.75, 3.05) is 19.7 Å². The molecule has 19 heavy (non-hydrogen) atoms. The van der Waals surface area contributed by atoms with Crippen molar-refractivity contribution < 1.29 is 14.5 Å². The summed E-state index contributed by atoms with van der Waals surface area (Å²) < 4.78 is 4.97. The van der Waals surface area contributed by atoms with Crippen molar-refractivity contribution in [1.82, 2.24) is 5.32 Å². The lowest BCUT2D eigenvalue weighted by Gasteiger charge is -2.13. The van der Waals surface area contributed by atoms with Crippen LogP contribution < -0.4 is 11.1 Å². The monoisotopic (exact) mass is 267 g/mol. The highest BCUT2D eigenvalue weighted by atomic mass is 16.6. The molecule has 1 aromatic carbocycles. The second-order valence-electron chi connectivity index (χ2n) is 4.03.